The van der Waals surface area contributed by atoms with Crippen molar-refractivity contribution in [2.75, 3.05) is 31.1 Å². The van der Waals surface area contributed by atoms with E-state index in [4.69, 9.17) is 4.74 Å². The predicted molar refractivity (Wildman–Crippen MR) is 119 cm³/mol. The third kappa shape index (κ3) is 4.39. The van der Waals surface area contributed by atoms with Crippen LogP contribution in [0.25, 0.3) is 0 Å². The van der Waals surface area contributed by atoms with Crippen molar-refractivity contribution in [3.8, 4) is 11.6 Å². The quantitative estimate of drug-likeness (QED) is 0.735. The highest BCUT2D eigenvalue weighted by Crippen LogP contribution is 2.43. The molecule has 0 unspecified atom stereocenters. The second-order valence-electron chi connectivity index (χ2n) is 9.34. The molecule has 3 heterocycles. The highest BCUT2D eigenvalue weighted by molar-refractivity contribution is 5.97. The van der Waals surface area contributed by atoms with Crippen molar-refractivity contribution in [3.63, 3.8) is 0 Å². The Morgan fingerprint density at radius 2 is 1.88 bits per heavy atom. The zero-order chi connectivity index (χ0) is 22.9. The summed E-state index contributed by atoms with van der Waals surface area (Å²) in [5, 5.41) is 11.4. The van der Waals surface area contributed by atoms with Gasteiger partial charge in [0.2, 0.25) is 0 Å². The zero-order valence-electron chi connectivity index (χ0n) is 19.1. The van der Waals surface area contributed by atoms with Crippen LogP contribution in [0.2, 0.25) is 0 Å². The second-order valence-corrected chi connectivity index (χ2v) is 9.34. The van der Waals surface area contributed by atoms with Crippen molar-refractivity contribution in [2.24, 2.45) is 5.41 Å². The molecule has 2 aliphatic rings. The predicted octanol–water partition coefficient (Wildman–Crippen LogP) is 3.25. The van der Waals surface area contributed by atoms with E-state index in [2.05, 4.69) is 25.4 Å². The van der Waals surface area contributed by atoms with Crippen molar-refractivity contribution in [2.45, 2.75) is 52.6 Å². The topological polar surface area (TPSA) is 83.5 Å². The van der Waals surface area contributed by atoms with E-state index in [1.165, 1.54) is 24.5 Å². The fraction of sp³-hybridized carbons (Fsp3) is 0.565. The molecule has 0 atom stereocenters. The molecule has 1 N–H and O–H groups in total. The summed E-state index contributed by atoms with van der Waals surface area (Å²) in [6.07, 6.45) is 3.66. The number of hydrogen-bond acceptors (Lipinski definition) is 7. The Hall–Kier alpha value is -2.81. The van der Waals surface area contributed by atoms with E-state index in [1.807, 2.05) is 27.7 Å². The average molecular weight is 443 g/mol. The molecule has 2 aromatic rings. The van der Waals surface area contributed by atoms with Crippen LogP contribution in [0.4, 0.5) is 10.2 Å². The number of benzene rings is 1. The maximum absolute atomic E-state index is 14.1. The molecule has 0 aliphatic carbocycles. The smallest absolute Gasteiger partial charge is 0.282 e. The largest absolute Gasteiger partial charge is 0.434 e. The first-order valence-corrected chi connectivity index (χ1v) is 11.2. The monoisotopic (exact) mass is 442 g/mol. The van der Waals surface area contributed by atoms with Gasteiger partial charge in [-0.1, -0.05) is 0 Å². The van der Waals surface area contributed by atoms with E-state index in [-0.39, 0.29) is 35.2 Å². The lowest BCUT2D eigenvalue weighted by Crippen LogP contribution is -2.60. The first-order valence-electron chi connectivity index (χ1n) is 11.2. The highest BCUT2D eigenvalue weighted by atomic mass is 19.1. The first-order chi connectivity index (χ1) is 15.3. The van der Waals surface area contributed by atoms with Crippen molar-refractivity contribution in [3.05, 3.63) is 35.9 Å². The van der Waals surface area contributed by atoms with Gasteiger partial charge in [0.15, 0.2) is 5.82 Å². The molecule has 1 aromatic heterocycles. The summed E-state index contributed by atoms with van der Waals surface area (Å²) in [6.45, 7) is 11.6. The molecule has 172 valence electrons. The summed E-state index contributed by atoms with van der Waals surface area (Å²) >= 11 is 0. The molecule has 8 nitrogen and oxygen atoms in total. The Kier molecular flexibility index (Phi) is 6.28. The van der Waals surface area contributed by atoms with Crippen LogP contribution in [0.5, 0.6) is 11.6 Å². The number of amides is 1. The fourth-order valence-electron chi connectivity index (χ4n) is 4.80. The lowest BCUT2D eigenvalue weighted by atomic mass is 9.72. The first kappa shape index (κ1) is 22.4. The number of piperidine rings is 1. The molecule has 1 amide bonds. The van der Waals surface area contributed by atoms with Gasteiger partial charge in [0.25, 0.3) is 11.8 Å². The Labute approximate surface area is 188 Å². The van der Waals surface area contributed by atoms with Gasteiger partial charge in [0, 0.05) is 30.6 Å². The molecule has 0 radical (unpaired) electrons. The molecule has 0 saturated carbocycles. The molecule has 0 bridgehead atoms. The number of carbonyl (C=O) groups excluding carboxylic acids is 1. The molecular formula is C23H31FN6O2. The van der Waals surface area contributed by atoms with Crippen LogP contribution in [0.3, 0.4) is 0 Å². The summed E-state index contributed by atoms with van der Waals surface area (Å²) in [7, 11) is 0. The summed E-state index contributed by atoms with van der Waals surface area (Å²) < 4.78 is 20.2. The SMILES string of the molecule is CC(C)N(C(=O)c1cc(F)ccc1Oc1nncnc1N1CC2(CCNCC2)C1)C(C)C. The van der Waals surface area contributed by atoms with E-state index < -0.39 is 5.82 Å². The van der Waals surface area contributed by atoms with Crippen molar-refractivity contribution >= 4 is 11.7 Å². The third-order valence-corrected chi connectivity index (χ3v) is 6.31. The number of aromatic nitrogens is 3. The molecule has 1 spiro atoms. The van der Waals surface area contributed by atoms with Crippen LogP contribution in [0.15, 0.2) is 24.5 Å². The van der Waals surface area contributed by atoms with Crippen LogP contribution in [-0.2, 0) is 0 Å². The molecular weight excluding hydrogens is 411 g/mol. The van der Waals surface area contributed by atoms with Crippen LogP contribution in [0, 0.1) is 11.2 Å². The van der Waals surface area contributed by atoms with Crippen molar-refractivity contribution in [1.29, 1.82) is 0 Å². The molecule has 2 fully saturated rings. The number of halogens is 1. The number of rotatable bonds is 6. The minimum atomic E-state index is -0.499. The van der Waals surface area contributed by atoms with E-state index in [9.17, 15) is 9.18 Å². The van der Waals surface area contributed by atoms with E-state index in [0.29, 0.717) is 11.2 Å². The molecule has 2 saturated heterocycles. The molecule has 32 heavy (non-hydrogen) atoms. The lowest BCUT2D eigenvalue weighted by molar-refractivity contribution is 0.0640. The summed E-state index contributed by atoms with van der Waals surface area (Å²) in [5.74, 6) is 0.263. The summed E-state index contributed by atoms with van der Waals surface area (Å²) in [6, 6.07) is 3.86. The summed E-state index contributed by atoms with van der Waals surface area (Å²) in [5.41, 5.74) is 0.460. The number of ether oxygens (including phenoxy) is 1. The van der Waals surface area contributed by atoms with Gasteiger partial charge in [-0.15, -0.1) is 10.2 Å². The normalized spacial score (nSPS) is 17.5. The highest BCUT2D eigenvalue weighted by Gasteiger charge is 2.45. The lowest BCUT2D eigenvalue weighted by Gasteiger charge is -2.52. The van der Waals surface area contributed by atoms with E-state index >= 15 is 0 Å². The van der Waals surface area contributed by atoms with Crippen LogP contribution < -0.4 is 15.0 Å². The van der Waals surface area contributed by atoms with Gasteiger partial charge in [-0.05, 0) is 71.8 Å². The number of anilines is 1. The van der Waals surface area contributed by atoms with Gasteiger partial charge in [-0.3, -0.25) is 4.79 Å². The molecule has 2 aliphatic heterocycles. The number of nitrogens with one attached hydrogen (secondary N) is 1. The number of hydrogen-bond donors (Lipinski definition) is 1. The zero-order valence-corrected chi connectivity index (χ0v) is 19.1. The Morgan fingerprint density at radius 1 is 1.19 bits per heavy atom. The van der Waals surface area contributed by atoms with Gasteiger partial charge in [0.05, 0.1) is 5.56 Å². The fourth-order valence-corrected chi connectivity index (χ4v) is 4.80. The second kappa shape index (κ2) is 8.97. The molecule has 9 heteroatoms. The Bertz CT molecular complexity index is 961. The molecule has 1 aromatic carbocycles. The van der Waals surface area contributed by atoms with Gasteiger partial charge < -0.3 is 19.9 Å². The minimum absolute atomic E-state index is 0.0466. The van der Waals surface area contributed by atoms with Gasteiger partial charge >= 0.3 is 0 Å². The van der Waals surface area contributed by atoms with Crippen LogP contribution in [-0.4, -0.2) is 64.3 Å². The molecule has 4 rings (SSSR count). The van der Waals surface area contributed by atoms with E-state index in [0.717, 1.165) is 39.0 Å². The third-order valence-electron chi connectivity index (χ3n) is 6.31. The van der Waals surface area contributed by atoms with Crippen LogP contribution >= 0.6 is 0 Å². The number of nitrogens with zero attached hydrogens (tertiary/aromatic N) is 5. The van der Waals surface area contributed by atoms with Crippen molar-refractivity contribution in [1.82, 2.24) is 25.4 Å². The Morgan fingerprint density at radius 3 is 2.53 bits per heavy atom. The standard InChI is InChI=1S/C23H31FN6O2/c1-15(2)30(16(3)4)22(31)18-11-17(24)5-6-19(18)32-21-20(26-14-27-28-21)29-12-23(13-29)7-9-25-10-8-23/h5-6,11,14-16,25H,7-10,12-13H2,1-4H3. The minimum Gasteiger partial charge on any atom is -0.434 e. The van der Waals surface area contributed by atoms with E-state index in [1.54, 1.807) is 4.90 Å². The van der Waals surface area contributed by atoms with Crippen molar-refractivity contribution < 1.29 is 13.9 Å². The summed E-state index contributed by atoms with van der Waals surface area (Å²) in [4.78, 5) is 21.5. The average Bonchev–Trinajstić information content (AvgIpc) is 2.73. The maximum Gasteiger partial charge on any atom is 0.282 e. The van der Waals surface area contributed by atoms with Crippen LogP contribution in [0.1, 0.15) is 50.9 Å². The van der Waals surface area contributed by atoms with Gasteiger partial charge in [0.1, 0.15) is 17.9 Å². The van der Waals surface area contributed by atoms with Gasteiger partial charge in [-0.25, -0.2) is 9.37 Å². The number of carbonyl (C=O) groups is 1. The maximum atomic E-state index is 14.1. The Balaban J connectivity index is 1.60. The van der Waals surface area contributed by atoms with Gasteiger partial charge in [-0.2, -0.15) is 0 Å².